The predicted molar refractivity (Wildman–Crippen MR) is 51.1 cm³/mol. The number of hydrogen-bond donors (Lipinski definition) is 1. The van der Waals surface area contributed by atoms with E-state index in [4.69, 9.17) is 9.84 Å². The predicted octanol–water partition coefficient (Wildman–Crippen LogP) is 1.49. The second kappa shape index (κ2) is 5.01. The molecule has 0 unspecified atom stereocenters. The van der Waals surface area contributed by atoms with Crippen molar-refractivity contribution in [2.24, 2.45) is 0 Å². The van der Waals surface area contributed by atoms with Crippen LogP contribution in [0.3, 0.4) is 0 Å². The lowest BCUT2D eigenvalue weighted by Crippen LogP contribution is -2.00. The summed E-state index contributed by atoms with van der Waals surface area (Å²) in [6.45, 7) is 1.76. The van der Waals surface area contributed by atoms with Crippen LogP contribution in [0.2, 0.25) is 0 Å². The van der Waals surface area contributed by atoms with Gasteiger partial charge in [-0.05, 0) is 25.1 Å². The van der Waals surface area contributed by atoms with Crippen LogP contribution in [-0.2, 0) is 4.79 Å². The van der Waals surface area contributed by atoms with E-state index in [1.807, 2.05) is 0 Å². The van der Waals surface area contributed by atoms with Crippen LogP contribution in [0.4, 0.5) is 0 Å². The fourth-order valence-electron chi connectivity index (χ4n) is 0.783. The molecule has 14 heavy (non-hydrogen) atoms. The van der Waals surface area contributed by atoms with Crippen LogP contribution in [0, 0.1) is 0 Å². The van der Waals surface area contributed by atoms with Crippen molar-refractivity contribution in [3.8, 4) is 5.75 Å². The van der Waals surface area contributed by atoms with Gasteiger partial charge >= 0.3 is 5.97 Å². The van der Waals surface area contributed by atoms with Gasteiger partial charge in [0.1, 0.15) is 12.4 Å². The zero-order chi connectivity index (χ0) is 10.4. The molecule has 74 valence electrons. The van der Waals surface area contributed by atoms with Gasteiger partial charge in [0.25, 0.3) is 0 Å². The first-order valence-corrected chi connectivity index (χ1v) is 4.13. The minimum absolute atomic E-state index is 0.240. The summed E-state index contributed by atoms with van der Waals surface area (Å²) in [5.41, 5.74) is 0.272. The Morgan fingerprint density at radius 3 is 3.07 bits per heavy atom. The molecule has 4 heteroatoms. The topological polar surface area (TPSA) is 59.4 Å². The first kappa shape index (κ1) is 10.2. The fraction of sp³-hybridized carbons (Fsp3) is 0.200. The highest BCUT2D eigenvalue weighted by atomic mass is 16.5. The minimum Gasteiger partial charge on any atom is -0.488 e. The molecule has 1 heterocycles. The molecule has 4 nitrogen and oxygen atoms in total. The number of ether oxygens (including phenoxy) is 1. The van der Waals surface area contributed by atoms with Gasteiger partial charge in [-0.3, -0.25) is 4.98 Å². The average molecular weight is 193 g/mol. The monoisotopic (exact) mass is 193 g/mol. The van der Waals surface area contributed by atoms with E-state index < -0.39 is 5.97 Å². The summed E-state index contributed by atoms with van der Waals surface area (Å²) in [7, 11) is 0. The summed E-state index contributed by atoms with van der Waals surface area (Å²) in [4.78, 5) is 14.3. The van der Waals surface area contributed by atoms with E-state index in [1.54, 1.807) is 24.5 Å². The normalized spacial score (nSPS) is 11.1. The molecule has 0 spiro atoms. The third-order valence-corrected chi connectivity index (χ3v) is 1.61. The van der Waals surface area contributed by atoms with Crippen molar-refractivity contribution in [3.63, 3.8) is 0 Å². The Hall–Kier alpha value is -1.84. The van der Waals surface area contributed by atoms with Crippen LogP contribution in [0.1, 0.15) is 6.92 Å². The molecular weight excluding hydrogens is 182 g/mol. The van der Waals surface area contributed by atoms with E-state index in [0.29, 0.717) is 5.75 Å². The van der Waals surface area contributed by atoms with E-state index in [9.17, 15) is 4.79 Å². The van der Waals surface area contributed by atoms with E-state index in [1.165, 1.54) is 13.0 Å². The van der Waals surface area contributed by atoms with Crippen LogP contribution in [-0.4, -0.2) is 22.7 Å². The molecule has 0 aliphatic carbocycles. The SMILES string of the molecule is CC(=CCOc1cccnc1)C(=O)O. The van der Waals surface area contributed by atoms with Crippen molar-refractivity contribution >= 4 is 5.97 Å². The Kier molecular flexibility index (Phi) is 3.67. The molecule has 0 aromatic carbocycles. The zero-order valence-electron chi connectivity index (χ0n) is 7.80. The Morgan fingerprint density at radius 2 is 2.50 bits per heavy atom. The molecule has 0 aliphatic heterocycles. The summed E-state index contributed by atoms with van der Waals surface area (Å²) in [6.07, 6.45) is 4.73. The molecule has 0 bridgehead atoms. The van der Waals surface area contributed by atoms with Crippen LogP contribution in [0.15, 0.2) is 36.2 Å². The summed E-state index contributed by atoms with van der Waals surface area (Å²) >= 11 is 0. The fourth-order valence-corrected chi connectivity index (χ4v) is 0.783. The van der Waals surface area contributed by atoms with E-state index in [2.05, 4.69) is 4.98 Å². The Balaban J connectivity index is 2.43. The Morgan fingerprint density at radius 1 is 1.71 bits per heavy atom. The number of aromatic nitrogens is 1. The first-order valence-electron chi connectivity index (χ1n) is 4.13. The second-order valence-electron chi connectivity index (χ2n) is 2.69. The Bertz CT molecular complexity index is 332. The van der Waals surface area contributed by atoms with Crippen molar-refractivity contribution < 1.29 is 14.6 Å². The number of carbonyl (C=O) groups is 1. The Labute approximate surface area is 81.9 Å². The maximum atomic E-state index is 10.4. The number of aliphatic carboxylic acids is 1. The van der Waals surface area contributed by atoms with E-state index in [0.717, 1.165) is 0 Å². The largest absolute Gasteiger partial charge is 0.488 e. The summed E-state index contributed by atoms with van der Waals surface area (Å²) in [5.74, 6) is -0.304. The first-order chi connectivity index (χ1) is 6.70. The minimum atomic E-state index is -0.931. The highest BCUT2D eigenvalue weighted by molar-refractivity contribution is 5.85. The van der Waals surface area contributed by atoms with Crippen molar-refractivity contribution in [2.75, 3.05) is 6.61 Å². The second-order valence-corrected chi connectivity index (χ2v) is 2.69. The molecule has 0 radical (unpaired) electrons. The maximum absolute atomic E-state index is 10.4. The molecule has 0 saturated carbocycles. The molecule has 1 aromatic heterocycles. The molecule has 1 aromatic rings. The number of rotatable bonds is 4. The standard InChI is InChI=1S/C10H11NO3/c1-8(10(12)13)4-6-14-9-3-2-5-11-7-9/h2-5,7H,6H2,1H3,(H,12,13). The van der Waals surface area contributed by atoms with Gasteiger partial charge in [0.15, 0.2) is 0 Å². The lowest BCUT2D eigenvalue weighted by Gasteiger charge is -2.01. The lowest BCUT2D eigenvalue weighted by molar-refractivity contribution is -0.132. The molecule has 0 fully saturated rings. The van der Waals surface area contributed by atoms with Crippen LogP contribution < -0.4 is 4.74 Å². The van der Waals surface area contributed by atoms with Gasteiger partial charge in [-0.2, -0.15) is 0 Å². The number of hydrogen-bond acceptors (Lipinski definition) is 3. The van der Waals surface area contributed by atoms with Crippen molar-refractivity contribution in [2.45, 2.75) is 6.92 Å². The summed E-state index contributed by atoms with van der Waals surface area (Å²) < 4.78 is 5.22. The van der Waals surface area contributed by atoms with Crippen molar-refractivity contribution in [1.82, 2.24) is 4.98 Å². The number of pyridine rings is 1. The third-order valence-electron chi connectivity index (χ3n) is 1.61. The summed E-state index contributed by atoms with van der Waals surface area (Å²) in [6, 6.07) is 3.51. The molecule has 0 amide bonds. The van der Waals surface area contributed by atoms with Gasteiger partial charge in [0.2, 0.25) is 0 Å². The average Bonchev–Trinajstić information content (AvgIpc) is 2.19. The maximum Gasteiger partial charge on any atom is 0.331 e. The third kappa shape index (κ3) is 3.26. The zero-order valence-corrected chi connectivity index (χ0v) is 7.80. The van der Waals surface area contributed by atoms with Crippen LogP contribution in [0.25, 0.3) is 0 Å². The quantitative estimate of drug-likeness (QED) is 0.736. The number of carboxylic acid groups (broad SMARTS) is 1. The van der Waals surface area contributed by atoms with Gasteiger partial charge in [-0.15, -0.1) is 0 Å². The van der Waals surface area contributed by atoms with Crippen molar-refractivity contribution in [3.05, 3.63) is 36.2 Å². The van der Waals surface area contributed by atoms with Gasteiger partial charge in [-0.1, -0.05) is 0 Å². The lowest BCUT2D eigenvalue weighted by atomic mass is 10.3. The van der Waals surface area contributed by atoms with Crippen LogP contribution >= 0.6 is 0 Å². The molecule has 0 aliphatic rings. The smallest absolute Gasteiger partial charge is 0.331 e. The molecule has 1 rings (SSSR count). The molecule has 0 atom stereocenters. The molecular formula is C10H11NO3. The summed E-state index contributed by atoms with van der Waals surface area (Å²) in [5, 5.41) is 8.54. The van der Waals surface area contributed by atoms with Gasteiger partial charge in [0, 0.05) is 11.8 Å². The number of carboxylic acids is 1. The molecule has 1 N–H and O–H groups in total. The van der Waals surface area contributed by atoms with Gasteiger partial charge < -0.3 is 9.84 Å². The highest BCUT2D eigenvalue weighted by Gasteiger charge is 1.98. The van der Waals surface area contributed by atoms with Crippen LogP contribution in [0.5, 0.6) is 5.75 Å². The molecule has 0 saturated heterocycles. The highest BCUT2D eigenvalue weighted by Crippen LogP contribution is 2.06. The van der Waals surface area contributed by atoms with Gasteiger partial charge in [-0.25, -0.2) is 4.79 Å². The van der Waals surface area contributed by atoms with Gasteiger partial charge in [0.05, 0.1) is 6.20 Å². The van der Waals surface area contributed by atoms with Crippen molar-refractivity contribution in [1.29, 1.82) is 0 Å². The van der Waals surface area contributed by atoms with E-state index in [-0.39, 0.29) is 12.2 Å². The van der Waals surface area contributed by atoms with E-state index >= 15 is 0 Å². The number of nitrogens with zero attached hydrogens (tertiary/aromatic N) is 1.